The SMILES string of the molecule is O=C(CSc1n[nH]c(-c2ccccc2F)n1)N1CCCC1. The van der Waals surface area contributed by atoms with Crippen LogP contribution in [-0.2, 0) is 4.79 Å². The number of nitrogens with zero attached hydrogens (tertiary/aromatic N) is 3. The van der Waals surface area contributed by atoms with Gasteiger partial charge in [-0.2, -0.15) is 0 Å². The Labute approximate surface area is 125 Å². The van der Waals surface area contributed by atoms with Crippen molar-refractivity contribution in [2.75, 3.05) is 18.8 Å². The highest BCUT2D eigenvalue weighted by atomic mass is 32.2. The lowest BCUT2D eigenvalue weighted by atomic mass is 10.2. The van der Waals surface area contributed by atoms with E-state index in [1.807, 2.05) is 4.90 Å². The Bertz CT molecular complexity index is 639. The van der Waals surface area contributed by atoms with Crippen LogP contribution >= 0.6 is 11.8 Å². The molecule has 0 spiro atoms. The number of rotatable bonds is 4. The zero-order valence-corrected chi connectivity index (χ0v) is 12.2. The first-order valence-electron chi connectivity index (χ1n) is 6.82. The molecule has 2 heterocycles. The van der Waals surface area contributed by atoms with Gasteiger partial charge in [0.05, 0.1) is 11.3 Å². The van der Waals surface area contributed by atoms with Crippen LogP contribution in [0.25, 0.3) is 11.4 Å². The normalized spacial score (nSPS) is 14.6. The van der Waals surface area contributed by atoms with Gasteiger partial charge in [0.25, 0.3) is 0 Å². The van der Waals surface area contributed by atoms with Crippen molar-refractivity contribution < 1.29 is 9.18 Å². The van der Waals surface area contributed by atoms with Crippen LogP contribution < -0.4 is 0 Å². The number of H-pyrrole nitrogens is 1. The van der Waals surface area contributed by atoms with Crippen LogP contribution in [0.5, 0.6) is 0 Å². The van der Waals surface area contributed by atoms with Crippen LogP contribution in [0.15, 0.2) is 29.4 Å². The van der Waals surface area contributed by atoms with Crippen molar-refractivity contribution in [3.8, 4) is 11.4 Å². The number of amides is 1. The second-order valence-corrected chi connectivity index (χ2v) is 5.77. The van der Waals surface area contributed by atoms with E-state index in [1.54, 1.807) is 18.2 Å². The van der Waals surface area contributed by atoms with Gasteiger partial charge in [0.1, 0.15) is 5.82 Å². The molecule has 1 amide bonds. The van der Waals surface area contributed by atoms with Crippen molar-refractivity contribution in [2.45, 2.75) is 18.0 Å². The Morgan fingerprint density at radius 1 is 1.33 bits per heavy atom. The summed E-state index contributed by atoms with van der Waals surface area (Å²) in [5.41, 5.74) is 0.378. The van der Waals surface area contributed by atoms with Gasteiger partial charge in [0.15, 0.2) is 5.82 Å². The van der Waals surface area contributed by atoms with Crippen molar-refractivity contribution in [2.24, 2.45) is 0 Å². The smallest absolute Gasteiger partial charge is 0.233 e. The molecular formula is C14H15FN4OS. The maximum absolute atomic E-state index is 13.6. The average Bonchev–Trinajstić information content (AvgIpc) is 3.17. The summed E-state index contributed by atoms with van der Waals surface area (Å²) in [4.78, 5) is 18.0. The lowest BCUT2D eigenvalue weighted by Gasteiger charge is -2.13. The van der Waals surface area contributed by atoms with E-state index in [0.29, 0.717) is 22.3 Å². The van der Waals surface area contributed by atoms with E-state index in [9.17, 15) is 9.18 Å². The number of thioether (sulfide) groups is 1. The minimum absolute atomic E-state index is 0.106. The van der Waals surface area contributed by atoms with E-state index < -0.39 is 0 Å². The lowest BCUT2D eigenvalue weighted by molar-refractivity contribution is -0.127. The topological polar surface area (TPSA) is 61.9 Å². The number of halogens is 1. The molecule has 21 heavy (non-hydrogen) atoms. The monoisotopic (exact) mass is 306 g/mol. The maximum Gasteiger partial charge on any atom is 0.233 e. The van der Waals surface area contributed by atoms with Crippen molar-refractivity contribution in [3.63, 3.8) is 0 Å². The zero-order chi connectivity index (χ0) is 14.7. The highest BCUT2D eigenvalue weighted by Gasteiger charge is 2.18. The second-order valence-electron chi connectivity index (χ2n) is 4.82. The molecule has 1 aliphatic rings. The van der Waals surface area contributed by atoms with Gasteiger partial charge in [-0.1, -0.05) is 23.9 Å². The van der Waals surface area contributed by atoms with Gasteiger partial charge in [0, 0.05) is 13.1 Å². The number of carbonyl (C=O) groups is 1. The highest BCUT2D eigenvalue weighted by molar-refractivity contribution is 7.99. The second kappa shape index (κ2) is 6.26. The molecule has 0 saturated carbocycles. The van der Waals surface area contributed by atoms with Gasteiger partial charge in [0.2, 0.25) is 11.1 Å². The lowest BCUT2D eigenvalue weighted by Crippen LogP contribution is -2.29. The summed E-state index contributed by atoms with van der Waals surface area (Å²) in [5, 5.41) is 7.19. The molecule has 1 aliphatic heterocycles. The maximum atomic E-state index is 13.6. The van der Waals surface area contributed by atoms with Gasteiger partial charge >= 0.3 is 0 Å². The van der Waals surface area contributed by atoms with Crippen LogP contribution in [0.4, 0.5) is 4.39 Å². The molecule has 3 rings (SSSR count). The van der Waals surface area contributed by atoms with E-state index in [4.69, 9.17) is 0 Å². The Balaban J connectivity index is 1.63. The molecule has 0 radical (unpaired) electrons. The summed E-state index contributed by atoms with van der Waals surface area (Å²) in [5.74, 6) is 0.450. The number of nitrogens with one attached hydrogen (secondary N) is 1. The van der Waals surface area contributed by atoms with Crippen molar-refractivity contribution in [1.82, 2.24) is 20.1 Å². The number of hydrogen-bond donors (Lipinski definition) is 1. The fourth-order valence-electron chi connectivity index (χ4n) is 2.27. The Hall–Kier alpha value is -1.89. The number of likely N-dealkylation sites (tertiary alicyclic amines) is 1. The first-order chi connectivity index (χ1) is 10.2. The molecule has 1 N–H and O–H groups in total. The van der Waals surface area contributed by atoms with Gasteiger partial charge in [-0.3, -0.25) is 9.89 Å². The minimum atomic E-state index is -0.349. The first kappa shape index (κ1) is 14.1. The Morgan fingerprint density at radius 3 is 2.86 bits per heavy atom. The van der Waals surface area contributed by atoms with Crippen molar-refractivity contribution in [1.29, 1.82) is 0 Å². The average molecular weight is 306 g/mol. The third kappa shape index (κ3) is 3.24. The molecule has 110 valence electrons. The van der Waals surface area contributed by atoms with Gasteiger partial charge in [-0.05, 0) is 25.0 Å². The molecule has 0 atom stereocenters. The molecule has 5 nitrogen and oxygen atoms in total. The van der Waals surface area contributed by atoms with E-state index >= 15 is 0 Å². The fraction of sp³-hybridized carbons (Fsp3) is 0.357. The van der Waals surface area contributed by atoms with E-state index in [2.05, 4.69) is 15.2 Å². The molecule has 1 aromatic carbocycles. The molecule has 7 heteroatoms. The Kier molecular flexibility index (Phi) is 4.19. The quantitative estimate of drug-likeness (QED) is 0.881. The Morgan fingerprint density at radius 2 is 2.10 bits per heavy atom. The molecule has 2 aromatic rings. The van der Waals surface area contributed by atoms with E-state index in [-0.39, 0.29) is 11.7 Å². The third-order valence-corrected chi connectivity index (χ3v) is 4.21. The minimum Gasteiger partial charge on any atom is -0.342 e. The van der Waals surface area contributed by atoms with Crippen LogP contribution in [0.3, 0.4) is 0 Å². The molecule has 1 aromatic heterocycles. The number of aromatic nitrogens is 3. The summed E-state index contributed by atoms with van der Waals surface area (Å²) < 4.78 is 13.6. The van der Waals surface area contributed by atoms with Crippen molar-refractivity contribution >= 4 is 17.7 Å². The van der Waals surface area contributed by atoms with Crippen LogP contribution in [0, 0.1) is 5.82 Å². The summed E-state index contributed by atoms with van der Waals surface area (Å²) in [6.07, 6.45) is 2.16. The molecular weight excluding hydrogens is 291 g/mol. The zero-order valence-electron chi connectivity index (χ0n) is 11.4. The number of carbonyl (C=O) groups excluding carboxylic acids is 1. The highest BCUT2D eigenvalue weighted by Crippen LogP contribution is 2.22. The number of benzene rings is 1. The summed E-state index contributed by atoms with van der Waals surface area (Å²) in [6.45, 7) is 1.68. The van der Waals surface area contributed by atoms with Crippen molar-refractivity contribution in [3.05, 3.63) is 30.1 Å². The molecule has 0 bridgehead atoms. The molecule has 0 unspecified atom stereocenters. The van der Waals surface area contributed by atoms with Crippen LogP contribution in [0.2, 0.25) is 0 Å². The summed E-state index contributed by atoms with van der Waals surface area (Å²) in [7, 11) is 0. The standard InChI is InChI=1S/C14H15FN4OS/c15-11-6-2-1-5-10(11)13-16-14(18-17-13)21-9-12(20)19-7-3-4-8-19/h1-2,5-6H,3-4,7-9H2,(H,16,17,18). The fourth-order valence-corrected chi connectivity index (χ4v) is 2.97. The molecule has 1 saturated heterocycles. The van der Waals surface area contributed by atoms with Gasteiger partial charge in [-0.25, -0.2) is 9.37 Å². The van der Waals surface area contributed by atoms with E-state index in [0.717, 1.165) is 25.9 Å². The first-order valence-corrected chi connectivity index (χ1v) is 7.80. The molecule has 1 fully saturated rings. The van der Waals surface area contributed by atoms with E-state index in [1.165, 1.54) is 17.8 Å². The van der Waals surface area contributed by atoms with Crippen LogP contribution in [-0.4, -0.2) is 44.8 Å². The largest absolute Gasteiger partial charge is 0.342 e. The summed E-state index contributed by atoms with van der Waals surface area (Å²) >= 11 is 1.27. The predicted octanol–water partition coefficient (Wildman–Crippen LogP) is 2.33. The van der Waals surface area contributed by atoms with Crippen LogP contribution in [0.1, 0.15) is 12.8 Å². The summed E-state index contributed by atoms with van der Waals surface area (Å²) in [6, 6.07) is 6.38. The molecule has 0 aliphatic carbocycles. The van der Waals surface area contributed by atoms with Gasteiger partial charge < -0.3 is 4.90 Å². The number of aromatic amines is 1. The number of hydrogen-bond acceptors (Lipinski definition) is 4. The predicted molar refractivity (Wildman–Crippen MR) is 78.3 cm³/mol. The third-order valence-electron chi connectivity index (χ3n) is 3.38. The van der Waals surface area contributed by atoms with Gasteiger partial charge in [-0.15, -0.1) is 5.10 Å².